The highest BCUT2D eigenvalue weighted by atomic mass is 17.2. The minimum absolute atomic E-state index is 0.146. The highest BCUT2D eigenvalue weighted by Gasteiger charge is 2.45. The Morgan fingerprint density at radius 1 is 1.11 bits per heavy atom. The van der Waals surface area contributed by atoms with Gasteiger partial charge in [-0.3, -0.25) is 5.32 Å². The molecule has 1 aromatic carbocycles. The number of ether oxygens (including phenoxy) is 3. The minimum atomic E-state index is -1.69. The van der Waals surface area contributed by atoms with Crippen molar-refractivity contribution in [2.24, 2.45) is 0 Å². The van der Waals surface area contributed by atoms with Crippen LogP contribution in [0.5, 0.6) is 0 Å². The van der Waals surface area contributed by atoms with Gasteiger partial charge in [-0.15, -0.1) is 0 Å². The van der Waals surface area contributed by atoms with Crippen molar-refractivity contribution in [2.45, 2.75) is 37.3 Å². The number of aliphatic hydroxyl groups is 3. The van der Waals surface area contributed by atoms with E-state index in [0.717, 1.165) is 0 Å². The molecule has 5 unspecified atom stereocenters. The molecular formula is C16H21NO11. The minimum Gasteiger partial charge on any atom is -0.450 e. The second-order valence-corrected chi connectivity index (χ2v) is 5.75. The van der Waals surface area contributed by atoms with E-state index in [9.17, 15) is 24.9 Å². The number of benzene rings is 1. The number of hydrogen-bond acceptors (Lipinski definition) is 10. The molecular weight excluding hydrogens is 382 g/mol. The van der Waals surface area contributed by atoms with E-state index < -0.39 is 43.0 Å². The first-order valence-electron chi connectivity index (χ1n) is 8.09. The SMILES string of the molecule is COOCC1OC(OC(=O)Nc2ccc(COC(=O)O)cc2)C(O)C(O)C1O. The molecule has 5 N–H and O–H groups in total. The quantitative estimate of drug-likeness (QED) is 0.232. The molecule has 0 spiro atoms. The third-order valence-electron chi connectivity index (χ3n) is 3.80. The first-order valence-corrected chi connectivity index (χ1v) is 8.09. The summed E-state index contributed by atoms with van der Waals surface area (Å²) in [6.45, 7) is -0.421. The fraction of sp³-hybridized carbons (Fsp3) is 0.500. The van der Waals surface area contributed by atoms with Gasteiger partial charge in [0.05, 0.1) is 7.11 Å². The first kappa shape index (κ1) is 21.8. The van der Waals surface area contributed by atoms with Crippen LogP contribution in [0.1, 0.15) is 5.56 Å². The van der Waals surface area contributed by atoms with Crippen molar-refractivity contribution in [1.29, 1.82) is 0 Å². The van der Waals surface area contributed by atoms with Gasteiger partial charge in [0.25, 0.3) is 0 Å². The zero-order chi connectivity index (χ0) is 20.7. The topological polar surface area (TPSA) is 173 Å². The molecule has 5 atom stereocenters. The fourth-order valence-corrected chi connectivity index (χ4v) is 2.37. The summed E-state index contributed by atoms with van der Waals surface area (Å²) < 4.78 is 14.6. The second-order valence-electron chi connectivity index (χ2n) is 5.75. The number of nitrogens with one attached hydrogen (secondary N) is 1. The summed E-state index contributed by atoms with van der Waals surface area (Å²) in [7, 11) is 1.24. The van der Waals surface area contributed by atoms with Crippen LogP contribution in [0.4, 0.5) is 15.3 Å². The van der Waals surface area contributed by atoms with Crippen molar-refractivity contribution in [3.8, 4) is 0 Å². The lowest BCUT2D eigenvalue weighted by atomic mass is 9.99. The molecule has 0 aromatic heterocycles. The third kappa shape index (κ3) is 6.02. The number of anilines is 1. The molecule has 1 amide bonds. The van der Waals surface area contributed by atoms with Crippen molar-refractivity contribution in [1.82, 2.24) is 0 Å². The van der Waals surface area contributed by atoms with Gasteiger partial charge in [-0.2, -0.15) is 0 Å². The van der Waals surface area contributed by atoms with Crippen LogP contribution in [0, 0.1) is 0 Å². The van der Waals surface area contributed by atoms with Gasteiger partial charge in [0.2, 0.25) is 6.29 Å². The largest absolute Gasteiger partial charge is 0.506 e. The van der Waals surface area contributed by atoms with Gasteiger partial charge in [0.15, 0.2) is 0 Å². The summed E-state index contributed by atoms with van der Waals surface area (Å²) in [5.41, 5.74) is 0.875. The molecule has 1 aliphatic rings. The Hall–Kier alpha value is -2.48. The van der Waals surface area contributed by atoms with E-state index in [1.807, 2.05) is 0 Å². The fourth-order valence-electron chi connectivity index (χ4n) is 2.37. The standard InChI is InChI=1S/C16H21NO11/c1-24-26-7-10-11(18)12(19)13(20)14(27-10)28-15(21)17-9-4-2-8(3-5-9)6-25-16(22)23/h2-5,10-14,18-20H,6-7H2,1H3,(H,17,21)(H,22,23). The van der Waals surface area contributed by atoms with Gasteiger partial charge >= 0.3 is 12.2 Å². The molecule has 12 nitrogen and oxygen atoms in total. The Morgan fingerprint density at radius 2 is 1.79 bits per heavy atom. The monoisotopic (exact) mass is 403 g/mol. The van der Waals surface area contributed by atoms with E-state index in [1.165, 1.54) is 31.4 Å². The van der Waals surface area contributed by atoms with E-state index in [0.29, 0.717) is 11.3 Å². The van der Waals surface area contributed by atoms with Crippen LogP contribution in [0.3, 0.4) is 0 Å². The average Bonchev–Trinajstić information content (AvgIpc) is 2.67. The Bertz CT molecular complexity index is 652. The smallest absolute Gasteiger partial charge is 0.450 e. The number of carbonyl (C=O) groups is 2. The lowest BCUT2D eigenvalue weighted by Crippen LogP contribution is -2.59. The maximum atomic E-state index is 12.0. The Morgan fingerprint density at radius 3 is 2.39 bits per heavy atom. The van der Waals surface area contributed by atoms with E-state index >= 15 is 0 Å². The molecule has 0 aliphatic carbocycles. The van der Waals surface area contributed by atoms with Crippen LogP contribution in [-0.2, 0) is 30.6 Å². The molecule has 0 radical (unpaired) electrons. The normalized spacial score (nSPS) is 27.1. The van der Waals surface area contributed by atoms with Gasteiger partial charge in [-0.05, 0) is 17.7 Å². The van der Waals surface area contributed by atoms with Crippen molar-refractivity contribution in [3.63, 3.8) is 0 Å². The van der Waals surface area contributed by atoms with Crippen molar-refractivity contribution in [2.75, 3.05) is 19.0 Å². The molecule has 1 aliphatic heterocycles. The van der Waals surface area contributed by atoms with Gasteiger partial charge in [-0.25, -0.2) is 19.4 Å². The maximum absolute atomic E-state index is 12.0. The predicted octanol–water partition coefficient (Wildman–Crippen LogP) is -0.185. The Balaban J connectivity index is 1.91. The van der Waals surface area contributed by atoms with Gasteiger partial charge in [0, 0.05) is 5.69 Å². The van der Waals surface area contributed by atoms with Gasteiger partial charge < -0.3 is 34.6 Å². The number of carbonyl (C=O) groups excluding carboxylic acids is 1. The summed E-state index contributed by atoms with van der Waals surface area (Å²) >= 11 is 0. The maximum Gasteiger partial charge on any atom is 0.506 e. The lowest BCUT2D eigenvalue weighted by Gasteiger charge is -2.39. The van der Waals surface area contributed by atoms with Crippen LogP contribution < -0.4 is 5.32 Å². The molecule has 1 saturated heterocycles. The molecule has 12 heteroatoms. The lowest BCUT2D eigenvalue weighted by molar-refractivity contribution is -0.332. The van der Waals surface area contributed by atoms with Crippen LogP contribution in [0.2, 0.25) is 0 Å². The Kier molecular flexibility index (Phi) is 7.92. The highest BCUT2D eigenvalue weighted by molar-refractivity contribution is 5.84. The Labute approximate surface area is 159 Å². The van der Waals surface area contributed by atoms with E-state index in [4.69, 9.17) is 14.6 Å². The molecule has 1 fully saturated rings. The highest BCUT2D eigenvalue weighted by Crippen LogP contribution is 2.23. The van der Waals surface area contributed by atoms with E-state index in [-0.39, 0.29) is 13.2 Å². The number of amides is 1. The van der Waals surface area contributed by atoms with Gasteiger partial charge in [-0.1, -0.05) is 12.1 Å². The molecule has 0 saturated carbocycles. The van der Waals surface area contributed by atoms with Gasteiger partial charge in [0.1, 0.15) is 37.6 Å². The third-order valence-corrected chi connectivity index (χ3v) is 3.80. The number of carboxylic acid groups (broad SMARTS) is 1. The molecule has 28 heavy (non-hydrogen) atoms. The van der Waals surface area contributed by atoms with Crippen LogP contribution in [-0.4, -0.2) is 77.1 Å². The second kappa shape index (κ2) is 10.2. The molecule has 1 aromatic rings. The summed E-state index contributed by atoms with van der Waals surface area (Å²) in [4.78, 5) is 31.4. The summed E-state index contributed by atoms with van der Waals surface area (Å²) in [5.74, 6) is 0. The van der Waals surface area contributed by atoms with Crippen molar-refractivity contribution in [3.05, 3.63) is 29.8 Å². The molecule has 156 valence electrons. The number of hydrogen-bond donors (Lipinski definition) is 5. The van der Waals surface area contributed by atoms with Crippen molar-refractivity contribution < 1.29 is 54.0 Å². The summed E-state index contributed by atoms with van der Waals surface area (Å²) in [5, 5.41) is 40.5. The van der Waals surface area contributed by atoms with Crippen LogP contribution >= 0.6 is 0 Å². The number of rotatable bonds is 7. The average molecular weight is 403 g/mol. The van der Waals surface area contributed by atoms with Crippen molar-refractivity contribution >= 4 is 17.9 Å². The first-order chi connectivity index (χ1) is 13.3. The molecule has 1 heterocycles. The summed E-state index contributed by atoms with van der Waals surface area (Å²) in [6, 6.07) is 6.02. The van der Waals surface area contributed by atoms with Crippen LogP contribution in [0.15, 0.2) is 24.3 Å². The zero-order valence-corrected chi connectivity index (χ0v) is 14.8. The van der Waals surface area contributed by atoms with E-state index in [1.54, 1.807) is 0 Å². The summed E-state index contributed by atoms with van der Waals surface area (Å²) in [6.07, 6.45) is -9.86. The van der Waals surface area contributed by atoms with Crippen LogP contribution in [0.25, 0.3) is 0 Å². The predicted molar refractivity (Wildman–Crippen MR) is 89.0 cm³/mol. The van der Waals surface area contributed by atoms with E-state index in [2.05, 4.69) is 19.8 Å². The molecule has 2 rings (SSSR count). The zero-order valence-electron chi connectivity index (χ0n) is 14.8. The number of aliphatic hydroxyl groups excluding tert-OH is 3. The molecule has 0 bridgehead atoms.